The Bertz CT molecular complexity index is 2260. The summed E-state index contributed by atoms with van der Waals surface area (Å²) < 4.78 is 10.4. The molecule has 1 amide bonds. The number of ether oxygens (including phenoxy) is 1. The van der Waals surface area contributed by atoms with E-state index in [4.69, 9.17) is 15.5 Å². The molecule has 7 rings (SSSR count). The average molecular weight is 644 g/mol. The topological polar surface area (TPSA) is 153 Å². The van der Waals surface area contributed by atoms with Gasteiger partial charge < -0.3 is 15.8 Å². The number of fused-ring (bicyclic) bond motifs is 2. The highest BCUT2D eigenvalue weighted by atomic mass is 16.5. The number of nitrogens with two attached hydrogens (primary N) is 1. The summed E-state index contributed by atoms with van der Waals surface area (Å²) in [5, 5.41) is 10.8. The van der Waals surface area contributed by atoms with Crippen molar-refractivity contribution in [3.8, 4) is 17.5 Å². The smallest absolute Gasteiger partial charge is 0.362 e. The van der Waals surface area contributed by atoms with Crippen LogP contribution in [0.4, 0.5) is 5.82 Å². The summed E-state index contributed by atoms with van der Waals surface area (Å²) in [6.07, 6.45) is 5.87. The number of hydrogen-bond acceptors (Lipinski definition) is 8. The first-order valence-electron chi connectivity index (χ1n) is 15.8. The van der Waals surface area contributed by atoms with E-state index >= 15 is 0 Å². The van der Waals surface area contributed by atoms with E-state index in [0.717, 1.165) is 50.5 Å². The number of aromatic amines is 1. The van der Waals surface area contributed by atoms with Crippen molar-refractivity contribution in [2.75, 3.05) is 38.6 Å². The molecule has 1 saturated heterocycles. The van der Waals surface area contributed by atoms with E-state index in [2.05, 4.69) is 37.2 Å². The third-order valence-corrected chi connectivity index (χ3v) is 8.54. The molecule has 6 aromatic rings. The Balaban J connectivity index is 1.26. The maximum Gasteiger partial charge on any atom is 0.362 e. The molecule has 1 aliphatic rings. The molecule has 5 heterocycles. The monoisotopic (exact) mass is 643 g/mol. The maximum atomic E-state index is 14.5. The molecule has 48 heavy (non-hydrogen) atoms. The molecule has 13 heteroatoms. The lowest BCUT2D eigenvalue weighted by atomic mass is 10.1. The lowest BCUT2D eigenvalue weighted by molar-refractivity contribution is -0.577. The van der Waals surface area contributed by atoms with Crippen molar-refractivity contribution >= 4 is 28.3 Å². The van der Waals surface area contributed by atoms with Crippen molar-refractivity contribution in [2.45, 2.75) is 19.4 Å². The van der Waals surface area contributed by atoms with E-state index < -0.39 is 11.9 Å². The largest absolute Gasteiger partial charge is 0.382 e. The Morgan fingerprint density at radius 1 is 1.10 bits per heavy atom. The van der Waals surface area contributed by atoms with Crippen molar-refractivity contribution in [3.05, 3.63) is 112 Å². The molecule has 1 atom stereocenters. The Morgan fingerprint density at radius 2 is 1.90 bits per heavy atom. The van der Waals surface area contributed by atoms with Crippen LogP contribution in [0, 0.1) is 11.8 Å². The summed E-state index contributed by atoms with van der Waals surface area (Å²) in [7, 11) is 1.92. The molecule has 0 bridgehead atoms. The summed E-state index contributed by atoms with van der Waals surface area (Å²) in [4.78, 5) is 39.6. The van der Waals surface area contributed by atoms with E-state index in [9.17, 15) is 9.59 Å². The molecule has 0 radical (unpaired) electrons. The van der Waals surface area contributed by atoms with Crippen molar-refractivity contribution < 1.29 is 14.0 Å². The second-order valence-corrected chi connectivity index (χ2v) is 11.6. The van der Waals surface area contributed by atoms with Crippen molar-refractivity contribution in [1.29, 1.82) is 0 Å². The minimum absolute atomic E-state index is 0.173. The number of anilines is 1. The summed E-state index contributed by atoms with van der Waals surface area (Å²) in [5.41, 5.74) is 9.93. The van der Waals surface area contributed by atoms with Crippen LogP contribution in [-0.2, 0) is 18.2 Å². The number of nitrogens with zero attached hydrogens (tertiary/aromatic N) is 7. The van der Waals surface area contributed by atoms with Gasteiger partial charge in [0.05, 0.1) is 53.3 Å². The summed E-state index contributed by atoms with van der Waals surface area (Å²) in [6, 6.07) is 15.7. The number of morpholine rings is 1. The number of para-hydroxylation sites is 1. The van der Waals surface area contributed by atoms with Crippen LogP contribution in [0.15, 0.2) is 78.0 Å². The highest BCUT2D eigenvalue weighted by Crippen LogP contribution is 2.22. The first-order chi connectivity index (χ1) is 23.4. The predicted octanol–water partition coefficient (Wildman–Crippen LogP) is 1.93. The molecular formula is C35H35N10O3+. The molecule has 13 nitrogen and oxygen atoms in total. The average Bonchev–Trinajstić information content (AvgIpc) is 3.64. The number of rotatable bonds is 7. The third kappa shape index (κ3) is 5.90. The van der Waals surface area contributed by atoms with Crippen molar-refractivity contribution in [1.82, 2.24) is 39.6 Å². The van der Waals surface area contributed by atoms with Gasteiger partial charge in [-0.25, -0.2) is 10.1 Å². The molecule has 1 aliphatic heterocycles. The van der Waals surface area contributed by atoms with Gasteiger partial charge in [0.1, 0.15) is 18.2 Å². The van der Waals surface area contributed by atoms with Gasteiger partial charge in [0.25, 0.3) is 11.5 Å². The summed E-state index contributed by atoms with van der Waals surface area (Å²) in [6.45, 7) is 5.98. The molecule has 0 spiro atoms. The minimum atomic E-state index is -0.688. The number of benzene rings is 2. The quantitative estimate of drug-likeness (QED) is 0.176. The van der Waals surface area contributed by atoms with E-state index in [0.29, 0.717) is 33.6 Å². The van der Waals surface area contributed by atoms with Gasteiger partial charge in [-0.15, -0.1) is 4.52 Å². The first-order valence-corrected chi connectivity index (χ1v) is 15.8. The van der Waals surface area contributed by atoms with Gasteiger partial charge in [0.15, 0.2) is 11.4 Å². The Morgan fingerprint density at radius 3 is 2.71 bits per heavy atom. The van der Waals surface area contributed by atoms with Gasteiger partial charge in [0.2, 0.25) is 0 Å². The van der Waals surface area contributed by atoms with Crippen LogP contribution in [0.2, 0.25) is 0 Å². The number of nitrogen functional groups attached to an aromatic ring is 1. The van der Waals surface area contributed by atoms with Crippen LogP contribution in [0.3, 0.4) is 0 Å². The Kier molecular flexibility index (Phi) is 8.41. The van der Waals surface area contributed by atoms with Gasteiger partial charge in [-0.05, 0) is 36.2 Å². The zero-order valence-electron chi connectivity index (χ0n) is 26.7. The van der Waals surface area contributed by atoms with Gasteiger partial charge in [-0.3, -0.25) is 23.7 Å². The number of carbonyl (C=O) groups is 1. The van der Waals surface area contributed by atoms with Crippen LogP contribution in [0.25, 0.3) is 22.2 Å². The molecule has 0 saturated carbocycles. The van der Waals surface area contributed by atoms with E-state index in [1.807, 2.05) is 54.2 Å². The van der Waals surface area contributed by atoms with Gasteiger partial charge in [-0.2, -0.15) is 5.10 Å². The van der Waals surface area contributed by atoms with Gasteiger partial charge >= 0.3 is 5.65 Å². The fraction of sp³-hybridized carbons (Fsp3) is 0.257. The minimum Gasteiger partial charge on any atom is -0.382 e. The SMILES string of the molecule is CC(NC(=O)c1c(N)[nH][n+]2cccnc12)c1nc2cccc(C#Cc3cnn(C)c3CCN3CCOCC3)c2c(=O)n1-c1ccccc1. The van der Waals surface area contributed by atoms with Crippen LogP contribution in [0.5, 0.6) is 0 Å². The van der Waals surface area contributed by atoms with Crippen LogP contribution >= 0.6 is 0 Å². The standard InChI is InChI=1S/C35H34N10O3/c1-23(39-34(46)30-31(36)41-44-16-7-15-37-33(30)44)32-40-27-11-6-8-24(29(27)35(47)45(32)26-9-4-3-5-10-26)12-13-25-22-38-42(2)28(25)14-17-43-18-20-48-21-19-43/h3-11,15-16,22-23H,14,17-21H2,1-2H3,(H3,36,39,41,46)/p+1. The Labute approximate surface area is 276 Å². The molecule has 2 aromatic carbocycles. The lowest BCUT2D eigenvalue weighted by Crippen LogP contribution is -2.37. The number of hydrogen-bond donors (Lipinski definition) is 3. The third-order valence-electron chi connectivity index (χ3n) is 8.54. The molecule has 1 unspecified atom stereocenters. The molecule has 4 N–H and O–H groups in total. The zero-order valence-corrected chi connectivity index (χ0v) is 26.7. The highest BCUT2D eigenvalue weighted by Gasteiger charge is 2.28. The second-order valence-electron chi connectivity index (χ2n) is 11.6. The van der Waals surface area contributed by atoms with E-state index in [1.165, 1.54) is 4.57 Å². The molecule has 242 valence electrons. The molecule has 1 fully saturated rings. The van der Waals surface area contributed by atoms with Gasteiger partial charge in [-0.1, -0.05) is 36.1 Å². The van der Waals surface area contributed by atoms with Gasteiger partial charge in [0, 0.05) is 44.7 Å². The normalized spacial score (nSPS) is 14.1. The number of H-pyrrole nitrogens is 1. The van der Waals surface area contributed by atoms with Crippen molar-refractivity contribution in [2.24, 2.45) is 7.05 Å². The summed E-state index contributed by atoms with van der Waals surface area (Å²) >= 11 is 0. The number of nitrogens with one attached hydrogen (secondary N) is 2. The van der Waals surface area contributed by atoms with E-state index in [1.54, 1.807) is 42.2 Å². The van der Waals surface area contributed by atoms with Crippen LogP contribution in [-0.4, -0.2) is 73.1 Å². The first kappa shape index (κ1) is 30.8. The molecular weight excluding hydrogens is 608 g/mol. The fourth-order valence-corrected chi connectivity index (χ4v) is 6.07. The fourth-order valence-electron chi connectivity index (χ4n) is 6.07. The summed E-state index contributed by atoms with van der Waals surface area (Å²) in [5.74, 6) is 6.61. The van der Waals surface area contributed by atoms with Crippen LogP contribution in [0.1, 0.15) is 46.0 Å². The lowest BCUT2D eigenvalue weighted by Gasteiger charge is -2.26. The number of amides is 1. The molecule has 0 aliphatic carbocycles. The highest BCUT2D eigenvalue weighted by molar-refractivity contribution is 6.03. The van der Waals surface area contributed by atoms with Crippen molar-refractivity contribution in [3.63, 3.8) is 0 Å². The number of aromatic nitrogens is 7. The second kappa shape index (κ2) is 13.1. The number of aryl methyl sites for hydroxylation is 1. The van der Waals surface area contributed by atoms with Crippen LogP contribution < -0.4 is 21.1 Å². The maximum absolute atomic E-state index is 14.5. The predicted molar refractivity (Wildman–Crippen MR) is 180 cm³/mol. The zero-order chi connectivity index (χ0) is 33.2. The van der Waals surface area contributed by atoms with E-state index in [-0.39, 0.29) is 16.9 Å². The number of carbonyl (C=O) groups excluding carboxylic acids is 1. The molecule has 4 aromatic heterocycles. The Hall–Kier alpha value is -5.84.